The molecule has 0 radical (unpaired) electrons. The summed E-state index contributed by atoms with van der Waals surface area (Å²) in [6.45, 7) is 12.1. The fraction of sp³-hybridized carbons (Fsp3) is 0.588. The molecule has 0 aliphatic rings. The van der Waals surface area contributed by atoms with Crippen molar-refractivity contribution in [3.05, 3.63) is 28.2 Å². The van der Waals surface area contributed by atoms with Gasteiger partial charge in [0.15, 0.2) is 6.10 Å². The van der Waals surface area contributed by atoms with E-state index in [1.807, 2.05) is 32.0 Å². The molecule has 118 valence electrons. The summed E-state index contributed by atoms with van der Waals surface area (Å²) < 4.78 is 6.90. The zero-order chi connectivity index (χ0) is 16.2. The number of rotatable bonds is 6. The molecule has 1 atom stereocenters. The van der Waals surface area contributed by atoms with Gasteiger partial charge in [0, 0.05) is 10.0 Å². The molecule has 3 nitrogen and oxygen atoms in total. The monoisotopic (exact) mass is 355 g/mol. The van der Waals surface area contributed by atoms with Gasteiger partial charge in [0.25, 0.3) is 5.91 Å². The average molecular weight is 356 g/mol. The molecule has 0 aliphatic heterocycles. The number of ether oxygens (including phenoxy) is 1. The average Bonchev–Trinajstić information content (AvgIpc) is 2.40. The summed E-state index contributed by atoms with van der Waals surface area (Å²) in [6.07, 6.45) is 0.357. The third kappa shape index (κ3) is 5.34. The fourth-order valence-corrected chi connectivity index (χ4v) is 2.22. The van der Waals surface area contributed by atoms with E-state index in [2.05, 4.69) is 42.0 Å². The zero-order valence-corrected chi connectivity index (χ0v) is 15.4. The summed E-state index contributed by atoms with van der Waals surface area (Å²) in [6, 6.07) is 5.89. The lowest BCUT2D eigenvalue weighted by molar-refractivity contribution is -0.129. The van der Waals surface area contributed by atoms with Crippen molar-refractivity contribution < 1.29 is 9.53 Å². The van der Waals surface area contributed by atoms with Gasteiger partial charge in [-0.2, -0.15) is 0 Å². The van der Waals surface area contributed by atoms with Crippen LogP contribution in [0.3, 0.4) is 0 Å². The first-order valence-corrected chi connectivity index (χ1v) is 8.23. The second-order valence-corrected chi connectivity index (χ2v) is 7.24. The van der Waals surface area contributed by atoms with Gasteiger partial charge in [-0.05, 0) is 56.9 Å². The molecule has 0 aromatic heterocycles. The Balaban J connectivity index is 2.84. The maximum atomic E-state index is 12.2. The summed E-state index contributed by atoms with van der Waals surface area (Å²) in [5, 5.41) is 3.01. The number of carbonyl (C=O) groups excluding carboxylic acids is 1. The van der Waals surface area contributed by atoms with Crippen LogP contribution in [0.1, 0.15) is 59.4 Å². The summed E-state index contributed by atoms with van der Waals surface area (Å²) in [4.78, 5) is 12.2. The molecule has 0 saturated carbocycles. The van der Waals surface area contributed by atoms with E-state index in [-0.39, 0.29) is 11.4 Å². The zero-order valence-electron chi connectivity index (χ0n) is 13.8. The Morgan fingerprint density at radius 1 is 1.33 bits per heavy atom. The highest BCUT2D eigenvalue weighted by Crippen LogP contribution is 2.30. The van der Waals surface area contributed by atoms with Crippen molar-refractivity contribution in [3.63, 3.8) is 0 Å². The molecule has 1 aromatic rings. The van der Waals surface area contributed by atoms with Crippen molar-refractivity contribution >= 4 is 21.8 Å². The van der Waals surface area contributed by atoms with Crippen LogP contribution in [0.15, 0.2) is 22.7 Å². The third-order valence-electron chi connectivity index (χ3n) is 3.61. The molecular formula is C17H26BrNO2. The number of benzene rings is 1. The second-order valence-electron chi connectivity index (χ2n) is 6.32. The molecule has 1 rings (SSSR count). The SMILES string of the molecule is CCC(C)(C)NC(=O)C(C)Oc1ccc(Br)cc1C(C)C. The minimum absolute atomic E-state index is 0.0838. The van der Waals surface area contributed by atoms with Crippen LogP contribution in [0.5, 0.6) is 5.75 Å². The molecule has 21 heavy (non-hydrogen) atoms. The third-order valence-corrected chi connectivity index (χ3v) is 4.11. The predicted octanol–water partition coefficient (Wildman–Crippen LogP) is 4.64. The standard InChI is InChI=1S/C17H26BrNO2/c1-7-17(5,6)19-16(20)12(4)21-15-9-8-13(18)10-14(15)11(2)3/h8-12H,7H2,1-6H3,(H,19,20). The van der Waals surface area contributed by atoms with Crippen molar-refractivity contribution in [2.75, 3.05) is 0 Å². The molecule has 1 aromatic carbocycles. The largest absolute Gasteiger partial charge is 0.481 e. The minimum Gasteiger partial charge on any atom is -0.481 e. The van der Waals surface area contributed by atoms with Crippen LogP contribution in [0, 0.1) is 0 Å². The maximum absolute atomic E-state index is 12.2. The predicted molar refractivity (Wildman–Crippen MR) is 90.8 cm³/mol. The van der Waals surface area contributed by atoms with Gasteiger partial charge in [-0.15, -0.1) is 0 Å². The van der Waals surface area contributed by atoms with E-state index >= 15 is 0 Å². The highest BCUT2D eigenvalue weighted by atomic mass is 79.9. The Morgan fingerprint density at radius 3 is 2.48 bits per heavy atom. The van der Waals surface area contributed by atoms with E-state index in [1.54, 1.807) is 6.92 Å². The lowest BCUT2D eigenvalue weighted by Gasteiger charge is -2.27. The second kappa shape index (κ2) is 7.30. The van der Waals surface area contributed by atoms with Gasteiger partial charge < -0.3 is 10.1 Å². The van der Waals surface area contributed by atoms with Crippen LogP contribution in [-0.4, -0.2) is 17.6 Å². The van der Waals surface area contributed by atoms with Crippen LogP contribution in [0.4, 0.5) is 0 Å². The number of hydrogen-bond acceptors (Lipinski definition) is 2. The Morgan fingerprint density at radius 2 is 1.95 bits per heavy atom. The van der Waals surface area contributed by atoms with Gasteiger partial charge in [-0.25, -0.2) is 0 Å². The molecule has 0 aliphatic carbocycles. The number of halogens is 1. The first kappa shape index (κ1) is 18.0. The van der Waals surface area contributed by atoms with Gasteiger partial charge in [0.1, 0.15) is 5.75 Å². The number of hydrogen-bond donors (Lipinski definition) is 1. The smallest absolute Gasteiger partial charge is 0.261 e. The minimum atomic E-state index is -0.519. The Bertz CT molecular complexity index is 498. The summed E-state index contributed by atoms with van der Waals surface area (Å²) >= 11 is 3.47. The molecule has 0 fully saturated rings. The Kier molecular flexibility index (Phi) is 6.26. The van der Waals surface area contributed by atoms with Crippen LogP contribution in [-0.2, 0) is 4.79 Å². The molecule has 0 saturated heterocycles. The number of carbonyl (C=O) groups is 1. The summed E-state index contributed by atoms with van der Waals surface area (Å²) in [5.41, 5.74) is 0.883. The quantitative estimate of drug-likeness (QED) is 0.806. The Hall–Kier alpha value is -1.03. The van der Waals surface area contributed by atoms with Gasteiger partial charge >= 0.3 is 0 Å². The van der Waals surface area contributed by atoms with Crippen molar-refractivity contribution in [2.45, 2.75) is 65.5 Å². The number of amides is 1. The topological polar surface area (TPSA) is 38.3 Å². The Labute approximate surface area is 136 Å². The van der Waals surface area contributed by atoms with E-state index in [9.17, 15) is 4.79 Å². The van der Waals surface area contributed by atoms with E-state index in [0.29, 0.717) is 5.92 Å². The highest BCUT2D eigenvalue weighted by molar-refractivity contribution is 9.10. The maximum Gasteiger partial charge on any atom is 0.261 e. The normalized spacial score (nSPS) is 13.1. The van der Waals surface area contributed by atoms with Crippen molar-refractivity contribution in [2.24, 2.45) is 0 Å². The molecule has 1 unspecified atom stereocenters. The molecule has 0 spiro atoms. The van der Waals surface area contributed by atoms with Crippen molar-refractivity contribution in [3.8, 4) is 5.75 Å². The van der Waals surface area contributed by atoms with Gasteiger partial charge in [0.05, 0.1) is 0 Å². The van der Waals surface area contributed by atoms with Crippen LogP contribution in [0.2, 0.25) is 0 Å². The van der Waals surface area contributed by atoms with E-state index in [4.69, 9.17) is 4.74 Å². The molecule has 0 heterocycles. The van der Waals surface area contributed by atoms with E-state index in [0.717, 1.165) is 22.2 Å². The van der Waals surface area contributed by atoms with Crippen LogP contribution in [0.25, 0.3) is 0 Å². The lowest BCUT2D eigenvalue weighted by atomic mass is 10.0. The highest BCUT2D eigenvalue weighted by Gasteiger charge is 2.23. The van der Waals surface area contributed by atoms with Crippen LogP contribution >= 0.6 is 15.9 Å². The van der Waals surface area contributed by atoms with Gasteiger partial charge in [0.2, 0.25) is 0 Å². The molecule has 1 amide bonds. The van der Waals surface area contributed by atoms with E-state index < -0.39 is 6.10 Å². The van der Waals surface area contributed by atoms with Crippen LogP contribution < -0.4 is 10.1 Å². The lowest BCUT2D eigenvalue weighted by Crippen LogP contribution is -2.48. The summed E-state index contributed by atoms with van der Waals surface area (Å²) in [7, 11) is 0. The molecule has 4 heteroatoms. The van der Waals surface area contributed by atoms with E-state index in [1.165, 1.54) is 0 Å². The van der Waals surface area contributed by atoms with Crippen molar-refractivity contribution in [1.29, 1.82) is 0 Å². The van der Waals surface area contributed by atoms with Gasteiger partial charge in [-0.3, -0.25) is 4.79 Å². The molecule has 1 N–H and O–H groups in total. The number of nitrogens with one attached hydrogen (secondary N) is 1. The first-order chi connectivity index (χ1) is 9.66. The molecular weight excluding hydrogens is 330 g/mol. The first-order valence-electron chi connectivity index (χ1n) is 7.44. The fourth-order valence-electron chi connectivity index (χ4n) is 1.85. The summed E-state index contributed by atoms with van der Waals surface area (Å²) in [5.74, 6) is 1.02. The molecule has 0 bridgehead atoms. The van der Waals surface area contributed by atoms with Crippen molar-refractivity contribution in [1.82, 2.24) is 5.32 Å². The van der Waals surface area contributed by atoms with Gasteiger partial charge in [-0.1, -0.05) is 36.7 Å².